The van der Waals surface area contributed by atoms with Crippen LogP contribution in [0, 0.1) is 0 Å². The van der Waals surface area contributed by atoms with E-state index in [0.29, 0.717) is 23.7 Å². The van der Waals surface area contributed by atoms with Crippen molar-refractivity contribution in [2.75, 3.05) is 6.79 Å². The van der Waals surface area contributed by atoms with Gasteiger partial charge in [0, 0.05) is 12.5 Å². The summed E-state index contributed by atoms with van der Waals surface area (Å²) >= 11 is 0. The maximum absolute atomic E-state index is 10.5. The molecule has 0 unspecified atom stereocenters. The fourth-order valence-corrected chi connectivity index (χ4v) is 2.62. The van der Waals surface area contributed by atoms with Crippen LogP contribution in [0.2, 0.25) is 0 Å². The van der Waals surface area contributed by atoms with Crippen LogP contribution in [0.3, 0.4) is 0 Å². The lowest BCUT2D eigenvalue weighted by Gasteiger charge is -2.12. The number of aliphatic hydroxyl groups excluding tert-OH is 1. The molecule has 2 heterocycles. The van der Waals surface area contributed by atoms with Gasteiger partial charge in [0.25, 0.3) is 0 Å². The Morgan fingerprint density at radius 3 is 2.78 bits per heavy atom. The van der Waals surface area contributed by atoms with Crippen LogP contribution in [0.5, 0.6) is 11.5 Å². The van der Waals surface area contributed by atoms with Crippen molar-refractivity contribution in [3.05, 3.63) is 66.2 Å². The number of benzene rings is 2. The van der Waals surface area contributed by atoms with E-state index in [1.54, 1.807) is 4.68 Å². The topological polar surface area (TPSA) is 69.4 Å². The highest BCUT2D eigenvalue weighted by atomic mass is 16.7. The van der Waals surface area contributed by atoms with Gasteiger partial charge in [-0.05, 0) is 17.7 Å². The number of aromatic nitrogens is 3. The average Bonchev–Trinajstić information content (AvgIpc) is 3.24. The number of nitrogens with zero attached hydrogens (tertiary/aromatic N) is 3. The molecule has 6 heteroatoms. The first-order chi connectivity index (χ1) is 11.3. The molecule has 0 radical (unpaired) electrons. The van der Waals surface area contributed by atoms with Gasteiger partial charge in [-0.2, -0.15) is 5.10 Å². The predicted octanol–water partition coefficient (Wildman–Crippen LogP) is 2.27. The summed E-state index contributed by atoms with van der Waals surface area (Å²) < 4.78 is 12.3. The number of hydrogen-bond donors (Lipinski definition) is 1. The summed E-state index contributed by atoms with van der Waals surface area (Å²) in [4.78, 5) is 4.21. The second-order valence-corrected chi connectivity index (χ2v) is 5.27. The van der Waals surface area contributed by atoms with Gasteiger partial charge >= 0.3 is 0 Å². The summed E-state index contributed by atoms with van der Waals surface area (Å²) in [6.07, 6.45) is 1.17. The summed E-state index contributed by atoms with van der Waals surface area (Å²) in [5.41, 5.74) is 1.81. The van der Waals surface area contributed by atoms with Crippen LogP contribution in [0.1, 0.15) is 17.5 Å². The minimum atomic E-state index is -0.745. The lowest BCUT2D eigenvalue weighted by atomic mass is 10.1. The van der Waals surface area contributed by atoms with Crippen LogP contribution in [0.25, 0.3) is 5.69 Å². The molecule has 1 aliphatic rings. The number of aliphatic hydroxyl groups is 1. The first kappa shape index (κ1) is 13.8. The van der Waals surface area contributed by atoms with Crippen molar-refractivity contribution in [2.24, 2.45) is 0 Å². The van der Waals surface area contributed by atoms with Gasteiger partial charge in [-0.3, -0.25) is 0 Å². The Hall–Kier alpha value is -2.86. The van der Waals surface area contributed by atoms with Gasteiger partial charge in [-0.25, -0.2) is 9.67 Å². The number of fused-ring (bicyclic) bond motifs is 1. The van der Waals surface area contributed by atoms with Crippen molar-refractivity contribution < 1.29 is 14.6 Å². The third-order valence-electron chi connectivity index (χ3n) is 3.74. The van der Waals surface area contributed by atoms with Crippen LogP contribution < -0.4 is 9.47 Å². The van der Waals surface area contributed by atoms with E-state index in [-0.39, 0.29) is 6.79 Å². The third kappa shape index (κ3) is 2.64. The number of rotatable bonds is 4. The molecular weight excluding hydrogens is 294 g/mol. The van der Waals surface area contributed by atoms with Crippen molar-refractivity contribution >= 4 is 0 Å². The van der Waals surface area contributed by atoms with Crippen LogP contribution >= 0.6 is 0 Å². The molecule has 116 valence electrons. The van der Waals surface area contributed by atoms with E-state index < -0.39 is 6.10 Å². The first-order valence-corrected chi connectivity index (χ1v) is 7.33. The maximum atomic E-state index is 10.5. The molecule has 23 heavy (non-hydrogen) atoms. The Morgan fingerprint density at radius 1 is 1.09 bits per heavy atom. The van der Waals surface area contributed by atoms with Gasteiger partial charge in [0.05, 0.1) is 5.69 Å². The molecule has 2 aromatic carbocycles. The maximum Gasteiger partial charge on any atom is 0.231 e. The molecule has 0 aliphatic carbocycles. The summed E-state index contributed by atoms with van der Waals surface area (Å²) in [7, 11) is 0. The Kier molecular flexibility index (Phi) is 3.44. The van der Waals surface area contributed by atoms with Crippen LogP contribution in [0.4, 0.5) is 0 Å². The molecule has 6 nitrogen and oxygen atoms in total. The van der Waals surface area contributed by atoms with Crippen molar-refractivity contribution in [1.82, 2.24) is 14.8 Å². The molecule has 0 amide bonds. The zero-order chi connectivity index (χ0) is 15.6. The average molecular weight is 309 g/mol. The highest BCUT2D eigenvalue weighted by Crippen LogP contribution is 2.34. The zero-order valence-electron chi connectivity index (χ0n) is 12.3. The van der Waals surface area contributed by atoms with Gasteiger partial charge in [0.1, 0.15) is 12.4 Å². The molecule has 0 bridgehead atoms. The molecular formula is C17H15N3O3. The molecule has 0 saturated heterocycles. The SMILES string of the molecule is O[C@@H](Cc1ccccc1)c1ncnn1-c1ccc2c(c1)OCO2. The fourth-order valence-electron chi connectivity index (χ4n) is 2.62. The summed E-state index contributed by atoms with van der Waals surface area (Å²) in [6, 6.07) is 15.3. The van der Waals surface area contributed by atoms with Crippen LogP contribution in [-0.4, -0.2) is 26.7 Å². The van der Waals surface area contributed by atoms with Crippen molar-refractivity contribution in [2.45, 2.75) is 12.5 Å². The predicted molar refractivity (Wildman–Crippen MR) is 82.6 cm³/mol. The second kappa shape index (κ2) is 5.73. The van der Waals surface area contributed by atoms with Crippen molar-refractivity contribution in [3.63, 3.8) is 0 Å². The third-order valence-corrected chi connectivity index (χ3v) is 3.74. The van der Waals surface area contributed by atoms with E-state index in [2.05, 4.69) is 10.1 Å². The summed E-state index contributed by atoms with van der Waals surface area (Å²) in [5, 5.41) is 14.7. The molecule has 1 atom stereocenters. The largest absolute Gasteiger partial charge is 0.454 e. The molecule has 3 aromatic rings. The Morgan fingerprint density at radius 2 is 1.91 bits per heavy atom. The minimum absolute atomic E-state index is 0.222. The standard InChI is InChI=1S/C17H15N3O3/c21-14(8-12-4-2-1-3-5-12)17-18-10-19-20(17)13-6-7-15-16(9-13)23-11-22-15/h1-7,9-10,14,21H,8,11H2/t14-/m0/s1. The smallest absolute Gasteiger partial charge is 0.231 e. The van der Waals surface area contributed by atoms with Crippen LogP contribution in [-0.2, 0) is 6.42 Å². The van der Waals surface area contributed by atoms with Crippen LogP contribution in [0.15, 0.2) is 54.9 Å². The molecule has 1 N–H and O–H groups in total. The molecule has 1 aliphatic heterocycles. The minimum Gasteiger partial charge on any atom is -0.454 e. The Labute approximate surface area is 132 Å². The molecule has 0 spiro atoms. The van der Waals surface area contributed by atoms with E-state index in [4.69, 9.17) is 9.47 Å². The fraction of sp³-hybridized carbons (Fsp3) is 0.176. The first-order valence-electron chi connectivity index (χ1n) is 7.33. The van der Waals surface area contributed by atoms with Crippen molar-refractivity contribution in [1.29, 1.82) is 0 Å². The molecule has 1 aromatic heterocycles. The summed E-state index contributed by atoms with van der Waals surface area (Å²) in [5.74, 6) is 1.87. The quantitative estimate of drug-likeness (QED) is 0.800. The van der Waals surface area contributed by atoms with Gasteiger partial charge in [0.15, 0.2) is 17.3 Å². The van der Waals surface area contributed by atoms with Gasteiger partial charge in [0.2, 0.25) is 6.79 Å². The number of ether oxygens (including phenoxy) is 2. The van der Waals surface area contributed by atoms with E-state index in [9.17, 15) is 5.11 Å². The Bertz CT molecular complexity index is 817. The van der Waals surface area contributed by atoms with E-state index in [0.717, 1.165) is 11.3 Å². The van der Waals surface area contributed by atoms with E-state index in [1.165, 1.54) is 6.33 Å². The number of hydrogen-bond acceptors (Lipinski definition) is 5. The van der Waals surface area contributed by atoms with Crippen molar-refractivity contribution in [3.8, 4) is 17.2 Å². The molecule has 0 saturated carbocycles. The molecule has 4 rings (SSSR count). The van der Waals surface area contributed by atoms with Gasteiger partial charge in [-0.1, -0.05) is 30.3 Å². The lowest BCUT2D eigenvalue weighted by molar-refractivity contribution is 0.165. The zero-order valence-corrected chi connectivity index (χ0v) is 12.3. The normalized spacial score (nSPS) is 14.0. The van der Waals surface area contributed by atoms with Gasteiger partial charge in [-0.15, -0.1) is 0 Å². The molecule has 0 fully saturated rings. The highest BCUT2D eigenvalue weighted by Gasteiger charge is 2.19. The second-order valence-electron chi connectivity index (χ2n) is 5.27. The monoisotopic (exact) mass is 309 g/mol. The van der Waals surface area contributed by atoms with E-state index in [1.807, 2.05) is 48.5 Å². The summed E-state index contributed by atoms with van der Waals surface area (Å²) in [6.45, 7) is 0.222. The lowest BCUT2D eigenvalue weighted by Crippen LogP contribution is -2.11. The van der Waals surface area contributed by atoms with E-state index >= 15 is 0 Å². The Balaban J connectivity index is 1.63. The van der Waals surface area contributed by atoms with Gasteiger partial charge < -0.3 is 14.6 Å². The highest BCUT2D eigenvalue weighted by molar-refractivity contribution is 5.50.